The molecule has 0 saturated heterocycles. The van der Waals surface area contributed by atoms with Gasteiger partial charge in [-0.15, -0.1) is 0 Å². The van der Waals surface area contributed by atoms with Gasteiger partial charge in [0.1, 0.15) is 5.41 Å². The third-order valence-electron chi connectivity index (χ3n) is 6.18. The average Bonchev–Trinajstić information content (AvgIpc) is 2.68. The van der Waals surface area contributed by atoms with Crippen LogP contribution in [0.4, 0.5) is 0 Å². The summed E-state index contributed by atoms with van der Waals surface area (Å²) in [7, 11) is -1.80. The minimum Gasteiger partial charge on any atom is -0.481 e. The van der Waals surface area contributed by atoms with Crippen molar-refractivity contribution in [3.05, 3.63) is 0 Å². The first kappa shape index (κ1) is 30.3. The maximum atomic E-state index is 13.1. The van der Waals surface area contributed by atoms with Gasteiger partial charge < -0.3 is 9.53 Å². The molecular weight excluding hydrogens is 404 g/mol. The molecule has 0 aromatic rings. The highest BCUT2D eigenvalue weighted by atomic mass is 28.4. The Balaban J connectivity index is 4.64. The largest absolute Gasteiger partial charge is 0.481 e. The summed E-state index contributed by atoms with van der Waals surface area (Å²) in [5.74, 6) is -1.14. The molecule has 0 saturated carbocycles. The van der Waals surface area contributed by atoms with Crippen LogP contribution in [-0.4, -0.2) is 31.3 Å². The van der Waals surface area contributed by atoms with Gasteiger partial charge in [0.2, 0.25) is 0 Å². The fraction of sp³-hybridized carbons (Fsp3) is 0.923. The van der Waals surface area contributed by atoms with Crippen molar-refractivity contribution in [2.45, 2.75) is 149 Å². The van der Waals surface area contributed by atoms with Crippen LogP contribution in [0.5, 0.6) is 0 Å². The van der Waals surface area contributed by atoms with Crippen molar-refractivity contribution >= 4 is 20.1 Å². The van der Waals surface area contributed by atoms with Gasteiger partial charge in [-0.3, -0.25) is 9.59 Å². The second-order valence-corrected chi connectivity index (χ2v) is 15.0. The van der Waals surface area contributed by atoms with Crippen LogP contribution < -0.4 is 0 Å². The predicted molar refractivity (Wildman–Crippen MR) is 134 cm³/mol. The van der Waals surface area contributed by atoms with Crippen molar-refractivity contribution in [2.24, 2.45) is 5.41 Å². The van der Waals surface area contributed by atoms with E-state index in [1.165, 1.54) is 51.4 Å². The monoisotopic (exact) mass is 456 g/mol. The molecule has 0 radical (unpaired) electrons. The van der Waals surface area contributed by atoms with E-state index in [-0.39, 0.29) is 18.3 Å². The molecule has 184 valence electrons. The summed E-state index contributed by atoms with van der Waals surface area (Å²) in [6.07, 6.45) is 16.7. The van der Waals surface area contributed by atoms with Crippen LogP contribution in [0.15, 0.2) is 0 Å². The molecule has 0 bridgehead atoms. The van der Waals surface area contributed by atoms with Gasteiger partial charge in [0.05, 0.1) is 6.10 Å². The van der Waals surface area contributed by atoms with Gasteiger partial charge in [-0.25, -0.2) is 0 Å². The highest BCUT2D eigenvalue weighted by Gasteiger charge is 2.41. The summed E-state index contributed by atoms with van der Waals surface area (Å²) in [6.45, 7) is 12.4. The standard InChI is InChI=1S/C26H52O4Si/c1-7-9-11-13-14-15-16-17-18-20-23(30-31(4,5)6)22-24(27)26(3,25(28)29)21-19-12-10-8-2/h23H,7-22H2,1-6H3,(H,28,29)/t23-,26?/m1/s1. The smallest absolute Gasteiger partial charge is 0.316 e. The lowest BCUT2D eigenvalue weighted by atomic mass is 9.78. The van der Waals surface area contributed by atoms with Crippen molar-refractivity contribution in [3.8, 4) is 0 Å². The zero-order chi connectivity index (χ0) is 23.8. The molecule has 0 aliphatic rings. The zero-order valence-corrected chi connectivity index (χ0v) is 22.6. The highest BCUT2D eigenvalue weighted by molar-refractivity contribution is 6.69. The van der Waals surface area contributed by atoms with Crippen LogP contribution in [-0.2, 0) is 14.0 Å². The normalized spacial score (nSPS) is 14.9. The van der Waals surface area contributed by atoms with Crippen molar-refractivity contribution < 1.29 is 19.1 Å². The van der Waals surface area contributed by atoms with Gasteiger partial charge in [-0.05, 0) is 39.4 Å². The molecule has 31 heavy (non-hydrogen) atoms. The van der Waals surface area contributed by atoms with E-state index < -0.39 is 19.7 Å². The summed E-state index contributed by atoms with van der Waals surface area (Å²) < 4.78 is 6.32. The molecule has 1 N–H and O–H groups in total. The molecule has 4 nitrogen and oxygen atoms in total. The van der Waals surface area contributed by atoms with Gasteiger partial charge in [0, 0.05) is 6.42 Å². The van der Waals surface area contributed by atoms with Crippen LogP contribution in [0.2, 0.25) is 19.6 Å². The first-order chi connectivity index (χ1) is 14.6. The summed E-state index contributed by atoms with van der Waals surface area (Å²) >= 11 is 0. The Labute approximate surface area is 194 Å². The summed E-state index contributed by atoms with van der Waals surface area (Å²) in [6, 6.07) is 0. The first-order valence-corrected chi connectivity index (χ1v) is 16.4. The lowest BCUT2D eigenvalue weighted by Crippen LogP contribution is -2.40. The Bertz CT molecular complexity index is 486. The van der Waals surface area contributed by atoms with Crippen LogP contribution in [0.3, 0.4) is 0 Å². The number of carbonyl (C=O) groups excluding carboxylic acids is 1. The van der Waals surface area contributed by atoms with Gasteiger partial charge >= 0.3 is 5.97 Å². The maximum absolute atomic E-state index is 13.1. The minimum atomic E-state index is -1.80. The molecule has 0 aromatic carbocycles. The molecule has 0 amide bonds. The van der Waals surface area contributed by atoms with Gasteiger partial charge in [0.25, 0.3) is 0 Å². The van der Waals surface area contributed by atoms with Gasteiger partial charge in [0.15, 0.2) is 14.1 Å². The first-order valence-electron chi connectivity index (χ1n) is 13.0. The minimum absolute atomic E-state index is 0.141. The van der Waals surface area contributed by atoms with E-state index in [0.29, 0.717) is 6.42 Å². The summed E-state index contributed by atoms with van der Waals surface area (Å²) in [5.41, 5.74) is -1.28. The van der Waals surface area contributed by atoms with E-state index in [9.17, 15) is 14.7 Å². The Kier molecular flexibility index (Phi) is 16.5. The van der Waals surface area contributed by atoms with Crippen LogP contribution >= 0.6 is 0 Å². The Morgan fingerprint density at radius 3 is 1.71 bits per heavy atom. The molecule has 0 aromatic heterocycles. The third-order valence-corrected chi connectivity index (χ3v) is 7.22. The average molecular weight is 457 g/mol. The fourth-order valence-electron chi connectivity index (χ4n) is 4.09. The van der Waals surface area contributed by atoms with E-state index in [1.807, 2.05) is 0 Å². The molecule has 2 atom stereocenters. The quantitative estimate of drug-likeness (QED) is 0.107. The van der Waals surface area contributed by atoms with Crippen molar-refractivity contribution in [1.82, 2.24) is 0 Å². The number of aliphatic carboxylic acids is 1. The lowest BCUT2D eigenvalue weighted by molar-refractivity contribution is -0.155. The zero-order valence-electron chi connectivity index (χ0n) is 21.6. The number of hydrogen-bond donors (Lipinski definition) is 1. The summed E-state index contributed by atoms with van der Waals surface area (Å²) in [5, 5.41) is 9.80. The van der Waals surface area contributed by atoms with E-state index in [1.54, 1.807) is 6.92 Å². The van der Waals surface area contributed by atoms with Gasteiger partial charge in [-0.2, -0.15) is 0 Å². The fourth-order valence-corrected chi connectivity index (χ4v) is 5.29. The molecule has 0 aliphatic carbocycles. The van der Waals surface area contributed by atoms with Crippen molar-refractivity contribution in [3.63, 3.8) is 0 Å². The van der Waals surface area contributed by atoms with E-state index >= 15 is 0 Å². The highest BCUT2D eigenvalue weighted by Crippen LogP contribution is 2.30. The third kappa shape index (κ3) is 14.9. The number of hydrogen-bond acceptors (Lipinski definition) is 3. The van der Waals surface area contributed by atoms with E-state index in [2.05, 4.69) is 33.5 Å². The van der Waals surface area contributed by atoms with Crippen molar-refractivity contribution in [2.75, 3.05) is 0 Å². The second kappa shape index (κ2) is 16.9. The predicted octanol–water partition coefficient (Wildman–Crippen LogP) is 8.15. The Hall–Kier alpha value is -0.683. The molecule has 0 aliphatic heterocycles. The number of unbranched alkanes of at least 4 members (excludes halogenated alkanes) is 11. The van der Waals surface area contributed by atoms with Crippen LogP contribution in [0, 0.1) is 5.41 Å². The molecule has 0 fully saturated rings. The SMILES string of the molecule is CCCCCCCCCCC[C@H](CC(=O)C(C)(CCCCCC)C(=O)O)O[Si](C)(C)C. The lowest BCUT2D eigenvalue weighted by Gasteiger charge is -2.30. The summed E-state index contributed by atoms with van der Waals surface area (Å²) in [4.78, 5) is 25.0. The molecular formula is C26H52O4Si. The number of ketones is 1. The molecule has 0 spiro atoms. The van der Waals surface area contributed by atoms with Crippen LogP contribution in [0.25, 0.3) is 0 Å². The number of carboxylic acid groups (broad SMARTS) is 1. The second-order valence-electron chi connectivity index (χ2n) is 10.5. The molecule has 1 unspecified atom stereocenters. The van der Waals surface area contributed by atoms with E-state index in [4.69, 9.17) is 4.43 Å². The number of carbonyl (C=O) groups is 2. The topological polar surface area (TPSA) is 63.6 Å². The van der Waals surface area contributed by atoms with Crippen molar-refractivity contribution in [1.29, 1.82) is 0 Å². The number of Topliss-reactive ketones (excluding diaryl/α,β-unsaturated/α-hetero) is 1. The van der Waals surface area contributed by atoms with E-state index in [0.717, 1.165) is 38.5 Å². The Morgan fingerprint density at radius 2 is 1.26 bits per heavy atom. The molecule has 5 heteroatoms. The maximum Gasteiger partial charge on any atom is 0.316 e. The number of carboxylic acids is 1. The van der Waals surface area contributed by atoms with Gasteiger partial charge in [-0.1, -0.05) is 97.3 Å². The Morgan fingerprint density at radius 1 is 0.806 bits per heavy atom. The van der Waals surface area contributed by atoms with Crippen LogP contribution in [0.1, 0.15) is 124 Å². The molecule has 0 heterocycles. The number of rotatable bonds is 21. The molecule has 0 rings (SSSR count).